The van der Waals surface area contributed by atoms with Crippen LogP contribution in [0, 0.1) is 5.41 Å². The maximum atomic E-state index is 11.6. The van der Waals surface area contributed by atoms with Crippen molar-refractivity contribution in [1.82, 2.24) is 9.97 Å². The molecule has 1 aliphatic rings. The summed E-state index contributed by atoms with van der Waals surface area (Å²) in [6, 6.07) is 0.359. The van der Waals surface area contributed by atoms with Crippen LogP contribution in [-0.2, 0) is 0 Å². The molecule has 1 aromatic heterocycles. The first-order valence-electron chi connectivity index (χ1n) is 8.02. The average molecular weight is 305 g/mol. The monoisotopic (exact) mass is 305 g/mol. The van der Waals surface area contributed by atoms with Crippen LogP contribution in [0.4, 0.5) is 11.8 Å². The van der Waals surface area contributed by atoms with Crippen LogP contribution in [-0.4, -0.2) is 28.5 Å². The number of nitrogens with one attached hydrogen (secondary N) is 2. The SMILES string of the molecule is CC(C)(C)CNc1ncc(C(N)=O)c(NC2CCCCC2)n1. The van der Waals surface area contributed by atoms with Gasteiger partial charge in [-0.25, -0.2) is 4.98 Å². The Kier molecular flexibility index (Phi) is 5.21. The Morgan fingerprint density at radius 1 is 1.32 bits per heavy atom. The van der Waals surface area contributed by atoms with Gasteiger partial charge in [-0.2, -0.15) is 4.98 Å². The van der Waals surface area contributed by atoms with Crippen LogP contribution in [0.5, 0.6) is 0 Å². The number of nitrogens with zero attached hydrogens (tertiary/aromatic N) is 2. The molecule has 1 amide bonds. The lowest BCUT2D eigenvalue weighted by atomic mass is 9.95. The number of amides is 1. The molecule has 122 valence electrons. The van der Waals surface area contributed by atoms with E-state index in [2.05, 4.69) is 41.4 Å². The molecule has 4 N–H and O–H groups in total. The molecule has 2 rings (SSSR count). The fraction of sp³-hybridized carbons (Fsp3) is 0.688. The number of rotatable bonds is 5. The summed E-state index contributed by atoms with van der Waals surface area (Å²) in [7, 11) is 0. The summed E-state index contributed by atoms with van der Waals surface area (Å²) in [6.07, 6.45) is 7.42. The third kappa shape index (κ3) is 4.86. The molecule has 6 nitrogen and oxygen atoms in total. The summed E-state index contributed by atoms with van der Waals surface area (Å²) in [6.45, 7) is 7.17. The Labute approximate surface area is 132 Å². The highest BCUT2D eigenvalue weighted by atomic mass is 16.1. The van der Waals surface area contributed by atoms with E-state index in [4.69, 9.17) is 5.73 Å². The minimum atomic E-state index is -0.499. The van der Waals surface area contributed by atoms with E-state index >= 15 is 0 Å². The highest BCUT2D eigenvalue weighted by Gasteiger charge is 2.19. The molecule has 1 saturated carbocycles. The van der Waals surface area contributed by atoms with Crippen molar-refractivity contribution in [1.29, 1.82) is 0 Å². The van der Waals surface area contributed by atoms with Gasteiger partial charge in [0.25, 0.3) is 5.91 Å². The number of nitrogens with two attached hydrogens (primary N) is 1. The molecule has 0 saturated heterocycles. The molecule has 1 heterocycles. The first-order valence-corrected chi connectivity index (χ1v) is 8.02. The van der Waals surface area contributed by atoms with E-state index in [-0.39, 0.29) is 5.41 Å². The lowest BCUT2D eigenvalue weighted by Crippen LogP contribution is -2.26. The lowest BCUT2D eigenvalue weighted by molar-refractivity contribution is 0.100. The Hall–Kier alpha value is -1.85. The van der Waals surface area contributed by atoms with Gasteiger partial charge in [0.2, 0.25) is 5.95 Å². The van der Waals surface area contributed by atoms with Crippen molar-refractivity contribution in [3.8, 4) is 0 Å². The molecular weight excluding hydrogens is 278 g/mol. The van der Waals surface area contributed by atoms with Gasteiger partial charge in [0.15, 0.2) is 0 Å². The fourth-order valence-corrected chi connectivity index (χ4v) is 2.54. The molecule has 22 heavy (non-hydrogen) atoms. The van der Waals surface area contributed by atoms with Crippen molar-refractivity contribution >= 4 is 17.7 Å². The third-order valence-corrected chi connectivity index (χ3v) is 3.78. The quantitative estimate of drug-likeness (QED) is 0.778. The van der Waals surface area contributed by atoms with E-state index in [0.717, 1.165) is 19.4 Å². The van der Waals surface area contributed by atoms with Crippen molar-refractivity contribution in [2.75, 3.05) is 17.2 Å². The van der Waals surface area contributed by atoms with Crippen molar-refractivity contribution in [2.45, 2.75) is 58.9 Å². The number of carbonyl (C=O) groups is 1. The highest BCUT2D eigenvalue weighted by Crippen LogP contribution is 2.23. The molecule has 1 aliphatic carbocycles. The maximum Gasteiger partial charge on any atom is 0.254 e. The summed E-state index contributed by atoms with van der Waals surface area (Å²) in [4.78, 5) is 20.2. The Morgan fingerprint density at radius 3 is 2.59 bits per heavy atom. The van der Waals surface area contributed by atoms with Gasteiger partial charge in [-0.1, -0.05) is 40.0 Å². The minimum Gasteiger partial charge on any atom is -0.367 e. The van der Waals surface area contributed by atoms with Crippen LogP contribution in [0.25, 0.3) is 0 Å². The topological polar surface area (TPSA) is 92.9 Å². The van der Waals surface area contributed by atoms with Crippen LogP contribution < -0.4 is 16.4 Å². The number of anilines is 2. The number of hydrogen-bond donors (Lipinski definition) is 3. The van der Waals surface area contributed by atoms with E-state index < -0.39 is 5.91 Å². The number of aromatic nitrogens is 2. The summed E-state index contributed by atoms with van der Waals surface area (Å²) >= 11 is 0. The number of primary amides is 1. The molecule has 0 unspecified atom stereocenters. The van der Waals surface area contributed by atoms with Gasteiger partial charge in [-0.3, -0.25) is 4.79 Å². The van der Waals surface area contributed by atoms with Crippen LogP contribution in [0.3, 0.4) is 0 Å². The second-order valence-corrected chi connectivity index (χ2v) is 7.21. The molecular formula is C16H27N5O. The smallest absolute Gasteiger partial charge is 0.254 e. The lowest BCUT2D eigenvalue weighted by Gasteiger charge is -2.24. The van der Waals surface area contributed by atoms with Gasteiger partial charge in [-0.15, -0.1) is 0 Å². The zero-order chi connectivity index (χ0) is 16.2. The summed E-state index contributed by atoms with van der Waals surface area (Å²) in [5.74, 6) is 0.574. The first-order chi connectivity index (χ1) is 10.3. The summed E-state index contributed by atoms with van der Waals surface area (Å²) in [5.41, 5.74) is 5.91. The van der Waals surface area contributed by atoms with Gasteiger partial charge in [0, 0.05) is 18.8 Å². The van der Waals surface area contributed by atoms with Gasteiger partial charge < -0.3 is 16.4 Å². The normalized spacial score (nSPS) is 16.3. The third-order valence-electron chi connectivity index (χ3n) is 3.78. The minimum absolute atomic E-state index is 0.128. The van der Waals surface area contributed by atoms with Gasteiger partial charge in [0.1, 0.15) is 5.82 Å². The Balaban J connectivity index is 2.14. The van der Waals surface area contributed by atoms with E-state index in [9.17, 15) is 4.79 Å². The van der Waals surface area contributed by atoms with E-state index in [1.54, 1.807) is 0 Å². The predicted molar refractivity (Wildman–Crippen MR) is 89.0 cm³/mol. The number of carbonyl (C=O) groups excluding carboxylic acids is 1. The van der Waals surface area contributed by atoms with Crippen molar-refractivity contribution in [2.24, 2.45) is 11.1 Å². The zero-order valence-electron chi connectivity index (χ0n) is 13.8. The average Bonchev–Trinajstić information content (AvgIpc) is 2.45. The molecule has 6 heteroatoms. The van der Waals surface area contributed by atoms with Crippen LogP contribution in [0.1, 0.15) is 63.2 Å². The van der Waals surface area contributed by atoms with E-state index in [1.807, 2.05) is 0 Å². The van der Waals surface area contributed by atoms with Gasteiger partial charge in [0.05, 0.1) is 5.56 Å². The Morgan fingerprint density at radius 2 is 2.00 bits per heavy atom. The van der Waals surface area contributed by atoms with Crippen molar-refractivity contribution < 1.29 is 4.79 Å². The highest BCUT2D eigenvalue weighted by molar-refractivity contribution is 5.97. The zero-order valence-corrected chi connectivity index (χ0v) is 13.8. The Bertz CT molecular complexity index is 518. The molecule has 0 radical (unpaired) electrons. The predicted octanol–water partition coefficient (Wildman–Crippen LogP) is 2.78. The molecule has 1 aromatic rings. The molecule has 0 bridgehead atoms. The fourth-order valence-electron chi connectivity index (χ4n) is 2.54. The van der Waals surface area contributed by atoms with Crippen LogP contribution in [0.2, 0.25) is 0 Å². The number of hydrogen-bond acceptors (Lipinski definition) is 5. The first kappa shape index (κ1) is 16.5. The second kappa shape index (κ2) is 6.94. The molecule has 0 spiro atoms. The maximum absolute atomic E-state index is 11.6. The summed E-state index contributed by atoms with van der Waals surface area (Å²) < 4.78 is 0. The summed E-state index contributed by atoms with van der Waals surface area (Å²) in [5, 5.41) is 6.59. The van der Waals surface area contributed by atoms with Crippen LogP contribution in [0.15, 0.2) is 6.20 Å². The second-order valence-electron chi connectivity index (χ2n) is 7.21. The van der Waals surface area contributed by atoms with Crippen LogP contribution >= 0.6 is 0 Å². The largest absolute Gasteiger partial charge is 0.367 e. The van der Waals surface area contributed by atoms with Gasteiger partial charge in [-0.05, 0) is 18.3 Å². The standard InChI is InChI=1S/C16H27N5O/c1-16(2,3)10-19-15-18-9-12(13(17)22)14(21-15)20-11-7-5-4-6-8-11/h9,11H,4-8,10H2,1-3H3,(H2,17,22)(H2,18,19,20,21). The molecule has 0 atom stereocenters. The molecule has 1 fully saturated rings. The van der Waals surface area contributed by atoms with E-state index in [0.29, 0.717) is 23.4 Å². The molecule has 0 aliphatic heterocycles. The molecule has 0 aromatic carbocycles. The van der Waals surface area contributed by atoms with Crippen molar-refractivity contribution in [3.63, 3.8) is 0 Å². The van der Waals surface area contributed by atoms with Gasteiger partial charge >= 0.3 is 0 Å². The van der Waals surface area contributed by atoms with E-state index in [1.165, 1.54) is 25.5 Å². The van der Waals surface area contributed by atoms with Crippen molar-refractivity contribution in [3.05, 3.63) is 11.8 Å².